The highest BCUT2D eigenvalue weighted by atomic mass is 35.5. The number of benzene rings is 1. The molecule has 2 aliphatic heterocycles. The summed E-state index contributed by atoms with van der Waals surface area (Å²) in [5.74, 6) is 0.112. The normalized spacial score (nSPS) is 28.4. The molecule has 2 atom stereocenters. The fraction of sp³-hybridized carbons (Fsp3) is 0.562. The number of fused-ring (bicyclic) bond motifs is 2. The molecular formula is C16H21ClN2O. The first-order chi connectivity index (χ1) is 9.67. The Morgan fingerprint density at radius 2 is 2.05 bits per heavy atom. The minimum atomic E-state index is 0.112. The fourth-order valence-corrected chi connectivity index (χ4v) is 3.83. The van der Waals surface area contributed by atoms with Crippen LogP contribution in [-0.2, 0) is 0 Å². The Morgan fingerprint density at radius 1 is 1.35 bits per heavy atom. The van der Waals surface area contributed by atoms with Crippen LogP contribution in [0.4, 0.5) is 0 Å². The molecule has 0 aliphatic carbocycles. The maximum absolute atomic E-state index is 12.7. The molecule has 2 aliphatic rings. The highest BCUT2D eigenvalue weighted by Crippen LogP contribution is 2.30. The Kier molecular flexibility index (Phi) is 3.99. The van der Waals surface area contributed by atoms with Crippen molar-refractivity contribution in [2.24, 2.45) is 0 Å². The van der Waals surface area contributed by atoms with E-state index in [9.17, 15) is 4.79 Å². The van der Waals surface area contributed by atoms with Crippen LogP contribution in [0.3, 0.4) is 0 Å². The second-order valence-corrected chi connectivity index (χ2v) is 6.30. The van der Waals surface area contributed by atoms with E-state index in [1.165, 1.54) is 12.8 Å². The van der Waals surface area contributed by atoms with Gasteiger partial charge in [-0.05, 0) is 50.8 Å². The van der Waals surface area contributed by atoms with Gasteiger partial charge in [-0.15, -0.1) is 0 Å². The lowest BCUT2D eigenvalue weighted by molar-refractivity contribution is 0.0631. The summed E-state index contributed by atoms with van der Waals surface area (Å²) in [6, 6.07) is 8.83. The third kappa shape index (κ3) is 2.70. The molecule has 3 rings (SSSR count). The lowest BCUT2D eigenvalue weighted by Crippen LogP contribution is -2.50. The van der Waals surface area contributed by atoms with Crippen molar-refractivity contribution in [2.45, 2.75) is 50.7 Å². The number of hydrogen-bond acceptors (Lipinski definition) is 2. The van der Waals surface area contributed by atoms with Crippen LogP contribution >= 0.6 is 11.6 Å². The average Bonchev–Trinajstić information content (AvgIpc) is 2.78. The van der Waals surface area contributed by atoms with E-state index in [1.54, 1.807) is 12.1 Å². The standard InChI is InChI=1S/C16H21ClN2O/c1-2-19(15-9-13-6-7-14(10-15)18-13)16(20)11-4-3-5-12(17)8-11/h3-5,8,13-15,18H,2,6-7,9-10H2,1H3. The minimum absolute atomic E-state index is 0.112. The first-order valence-electron chi connectivity index (χ1n) is 7.50. The zero-order valence-corrected chi connectivity index (χ0v) is 12.6. The predicted octanol–water partition coefficient (Wildman–Crippen LogP) is 3.09. The second kappa shape index (κ2) is 5.74. The fourth-order valence-electron chi connectivity index (χ4n) is 3.64. The highest BCUT2D eigenvalue weighted by molar-refractivity contribution is 6.30. The zero-order valence-electron chi connectivity index (χ0n) is 11.8. The van der Waals surface area contributed by atoms with Gasteiger partial charge in [0.2, 0.25) is 0 Å². The number of carbonyl (C=O) groups excluding carboxylic acids is 1. The van der Waals surface area contributed by atoms with Gasteiger partial charge in [-0.2, -0.15) is 0 Å². The van der Waals surface area contributed by atoms with Crippen LogP contribution < -0.4 is 5.32 Å². The van der Waals surface area contributed by atoms with E-state index in [0.717, 1.165) is 19.4 Å². The minimum Gasteiger partial charge on any atom is -0.336 e. The summed E-state index contributed by atoms with van der Waals surface area (Å²) in [5.41, 5.74) is 0.699. The van der Waals surface area contributed by atoms with Gasteiger partial charge in [-0.25, -0.2) is 0 Å². The SMILES string of the molecule is CCN(C(=O)c1cccc(Cl)c1)C1CC2CCC(C1)N2. The van der Waals surface area contributed by atoms with Gasteiger partial charge in [0.25, 0.3) is 5.91 Å². The van der Waals surface area contributed by atoms with Crippen molar-refractivity contribution < 1.29 is 4.79 Å². The summed E-state index contributed by atoms with van der Waals surface area (Å²) < 4.78 is 0. The molecule has 2 unspecified atom stereocenters. The van der Waals surface area contributed by atoms with E-state index >= 15 is 0 Å². The zero-order chi connectivity index (χ0) is 14.1. The van der Waals surface area contributed by atoms with Gasteiger partial charge in [0.1, 0.15) is 0 Å². The van der Waals surface area contributed by atoms with Gasteiger partial charge in [0.15, 0.2) is 0 Å². The van der Waals surface area contributed by atoms with Crippen LogP contribution in [0.2, 0.25) is 5.02 Å². The van der Waals surface area contributed by atoms with Crippen LogP contribution in [-0.4, -0.2) is 35.5 Å². The van der Waals surface area contributed by atoms with Gasteiger partial charge in [-0.1, -0.05) is 17.7 Å². The molecule has 2 heterocycles. The van der Waals surface area contributed by atoms with Crippen LogP contribution in [0.15, 0.2) is 24.3 Å². The summed E-state index contributed by atoms with van der Waals surface area (Å²) in [6.07, 6.45) is 4.67. The molecule has 3 nitrogen and oxygen atoms in total. The maximum Gasteiger partial charge on any atom is 0.254 e. The van der Waals surface area contributed by atoms with Crippen molar-refractivity contribution in [3.05, 3.63) is 34.9 Å². The Morgan fingerprint density at radius 3 is 2.65 bits per heavy atom. The number of hydrogen-bond donors (Lipinski definition) is 1. The molecule has 1 N–H and O–H groups in total. The van der Waals surface area contributed by atoms with Gasteiger partial charge in [0.05, 0.1) is 0 Å². The van der Waals surface area contributed by atoms with Crippen LogP contribution in [0.1, 0.15) is 43.0 Å². The van der Waals surface area contributed by atoms with E-state index < -0.39 is 0 Å². The molecule has 4 heteroatoms. The highest BCUT2D eigenvalue weighted by Gasteiger charge is 2.37. The van der Waals surface area contributed by atoms with Gasteiger partial charge in [-0.3, -0.25) is 4.79 Å². The average molecular weight is 293 g/mol. The van der Waals surface area contributed by atoms with E-state index in [-0.39, 0.29) is 5.91 Å². The first-order valence-corrected chi connectivity index (χ1v) is 7.87. The number of halogens is 1. The van der Waals surface area contributed by atoms with Crippen molar-refractivity contribution in [1.29, 1.82) is 0 Å². The molecule has 0 spiro atoms. The van der Waals surface area contributed by atoms with E-state index in [0.29, 0.717) is 28.7 Å². The molecule has 1 aromatic carbocycles. The topological polar surface area (TPSA) is 32.3 Å². The quantitative estimate of drug-likeness (QED) is 0.928. The summed E-state index contributed by atoms with van der Waals surface area (Å²) in [6.45, 7) is 2.82. The number of carbonyl (C=O) groups is 1. The van der Waals surface area contributed by atoms with Crippen molar-refractivity contribution >= 4 is 17.5 Å². The Bertz CT molecular complexity index is 493. The van der Waals surface area contributed by atoms with Gasteiger partial charge < -0.3 is 10.2 Å². The van der Waals surface area contributed by atoms with Gasteiger partial charge >= 0.3 is 0 Å². The molecule has 2 bridgehead atoms. The maximum atomic E-state index is 12.7. The molecule has 2 fully saturated rings. The lowest BCUT2D eigenvalue weighted by atomic mass is 9.97. The first kappa shape index (κ1) is 13.9. The number of nitrogens with one attached hydrogen (secondary N) is 1. The molecule has 1 aromatic rings. The molecule has 20 heavy (non-hydrogen) atoms. The third-order valence-electron chi connectivity index (χ3n) is 4.56. The number of piperidine rings is 1. The molecule has 1 amide bonds. The van der Waals surface area contributed by atoms with E-state index in [1.807, 2.05) is 17.0 Å². The number of nitrogens with zero attached hydrogens (tertiary/aromatic N) is 1. The molecule has 108 valence electrons. The van der Waals surface area contributed by atoms with Crippen LogP contribution in [0.25, 0.3) is 0 Å². The molecule has 0 radical (unpaired) electrons. The molecule has 2 saturated heterocycles. The van der Waals surface area contributed by atoms with E-state index in [2.05, 4.69) is 12.2 Å². The molecule has 0 saturated carbocycles. The summed E-state index contributed by atoms with van der Waals surface area (Å²) in [5, 5.41) is 4.25. The summed E-state index contributed by atoms with van der Waals surface area (Å²) in [4.78, 5) is 14.7. The Labute approximate surface area is 125 Å². The predicted molar refractivity (Wildman–Crippen MR) is 81.1 cm³/mol. The van der Waals surface area contributed by atoms with Crippen LogP contribution in [0, 0.1) is 0 Å². The smallest absolute Gasteiger partial charge is 0.254 e. The van der Waals surface area contributed by atoms with Crippen LogP contribution in [0.5, 0.6) is 0 Å². The number of amides is 1. The Hall–Kier alpha value is -1.06. The molecular weight excluding hydrogens is 272 g/mol. The van der Waals surface area contributed by atoms with Crippen molar-refractivity contribution in [2.75, 3.05) is 6.54 Å². The number of rotatable bonds is 3. The summed E-state index contributed by atoms with van der Waals surface area (Å²) >= 11 is 6.00. The monoisotopic (exact) mass is 292 g/mol. The van der Waals surface area contributed by atoms with E-state index in [4.69, 9.17) is 11.6 Å². The van der Waals surface area contributed by atoms with Crippen molar-refractivity contribution in [1.82, 2.24) is 10.2 Å². The summed E-state index contributed by atoms with van der Waals surface area (Å²) in [7, 11) is 0. The second-order valence-electron chi connectivity index (χ2n) is 5.86. The lowest BCUT2D eigenvalue weighted by Gasteiger charge is -2.37. The van der Waals surface area contributed by atoms with Crippen molar-refractivity contribution in [3.63, 3.8) is 0 Å². The van der Waals surface area contributed by atoms with Crippen molar-refractivity contribution in [3.8, 4) is 0 Å². The third-order valence-corrected chi connectivity index (χ3v) is 4.80. The largest absolute Gasteiger partial charge is 0.336 e. The Balaban J connectivity index is 1.77. The molecule has 0 aromatic heterocycles. The van der Waals surface area contributed by atoms with Gasteiger partial charge in [0, 0.05) is 35.3 Å².